The molecule has 5 rings (SSSR count). The molecule has 3 heterocycles. The molecule has 1 aromatic heterocycles. The van der Waals surface area contributed by atoms with E-state index in [9.17, 15) is 9.59 Å². The van der Waals surface area contributed by atoms with Gasteiger partial charge in [0, 0.05) is 30.3 Å². The van der Waals surface area contributed by atoms with E-state index in [1.54, 1.807) is 21.6 Å². The summed E-state index contributed by atoms with van der Waals surface area (Å²) in [5.74, 6) is 2.58. The molecule has 10 heteroatoms. The molecule has 0 saturated carbocycles. The zero-order valence-corrected chi connectivity index (χ0v) is 23.0. The quantitative estimate of drug-likeness (QED) is 0.343. The monoisotopic (exact) mass is 551 g/mol. The fourth-order valence-corrected chi connectivity index (χ4v) is 5.05. The fraction of sp³-hybridized carbons (Fsp3) is 0.379. The van der Waals surface area contributed by atoms with Crippen LogP contribution in [0.1, 0.15) is 29.9 Å². The number of hydrogen-bond donors (Lipinski definition) is 1. The lowest BCUT2D eigenvalue weighted by Crippen LogP contribution is -2.46. The van der Waals surface area contributed by atoms with Crippen LogP contribution in [-0.4, -0.2) is 60.6 Å². The third kappa shape index (κ3) is 7.07. The minimum absolute atomic E-state index is 0.0984. The van der Waals surface area contributed by atoms with E-state index in [2.05, 4.69) is 5.32 Å². The van der Waals surface area contributed by atoms with Crippen molar-refractivity contribution in [2.45, 2.75) is 43.9 Å². The molecule has 0 aliphatic carbocycles. The van der Waals surface area contributed by atoms with E-state index in [4.69, 9.17) is 18.6 Å². The molecule has 0 spiro atoms. The van der Waals surface area contributed by atoms with Gasteiger partial charge in [0.25, 0.3) is 0 Å². The highest BCUT2D eigenvalue weighted by Gasteiger charge is 2.27. The Morgan fingerprint density at radius 1 is 1.00 bits per heavy atom. The van der Waals surface area contributed by atoms with Crippen molar-refractivity contribution in [1.82, 2.24) is 9.80 Å². The molecule has 1 saturated heterocycles. The first-order valence-corrected chi connectivity index (χ1v) is 14.2. The second-order valence-corrected chi connectivity index (χ2v) is 10.5. The van der Waals surface area contributed by atoms with Gasteiger partial charge in [0.1, 0.15) is 18.1 Å². The summed E-state index contributed by atoms with van der Waals surface area (Å²) in [6.07, 6.45) is 3.70. The molecule has 9 nitrogen and oxygen atoms in total. The molecular formula is C29H33N3O6S. The number of carbonyl (C=O) groups is 2. The number of urea groups is 1. The Kier molecular flexibility index (Phi) is 8.63. The molecule has 39 heavy (non-hydrogen) atoms. The van der Waals surface area contributed by atoms with Crippen molar-refractivity contribution < 1.29 is 28.2 Å². The summed E-state index contributed by atoms with van der Waals surface area (Å²) in [6, 6.07) is 16.7. The van der Waals surface area contributed by atoms with Crippen LogP contribution in [0.15, 0.2) is 63.9 Å². The molecule has 1 atom stereocenters. The number of nitrogens with zero attached hydrogens (tertiary/aromatic N) is 2. The number of anilines is 1. The Hall–Kier alpha value is -3.63. The maximum absolute atomic E-state index is 13.8. The van der Waals surface area contributed by atoms with Crippen LogP contribution in [0.5, 0.6) is 11.5 Å². The van der Waals surface area contributed by atoms with Gasteiger partial charge in [0.15, 0.2) is 11.5 Å². The van der Waals surface area contributed by atoms with Gasteiger partial charge in [0.2, 0.25) is 12.7 Å². The van der Waals surface area contributed by atoms with Crippen molar-refractivity contribution in [3.05, 3.63) is 71.7 Å². The largest absolute Gasteiger partial charge is 0.464 e. The number of ether oxygens (including phenoxy) is 3. The van der Waals surface area contributed by atoms with E-state index in [-0.39, 0.29) is 37.9 Å². The molecule has 0 bridgehead atoms. The summed E-state index contributed by atoms with van der Waals surface area (Å²) >= 11 is 1.63. The zero-order chi connectivity index (χ0) is 27.2. The number of furan rings is 1. The summed E-state index contributed by atoms with van der Waals surface area (Å²) in [6.45, 7) is 3.54. The Balaban J connectivity index is 1.33. The number of benzene rings is 2. The van der Waals surface area contributed by atoms with Crippen LogP contribution in [0.2, 0.25) is 0 Å². The molecule has 2 aliphatic heterocycles. The van der Waals surface area contributed by atoms with Crippen molar-refractivity contribution in [3.63, 3.8) is 0 Å². The van der Waals surface area contributed by atoms with Gasteiger partial charge >= 0.3 is 6.03 Å². The van der Waals surface area contributed by atoms with E-state index >= 15 is 0 Å². The van der Waals surface area contributed by atoms with Crippen molar-refractivity contribution >= 4 is 29.4 Å². The van der Waals surface area contributed by atoms with Crippen molar-refractivity contribution in [1.29, 1.82) is 0 Å². The van der Waals surface area contributed by atoms with Crippen LogP contribution < -0.4 is 14.8 Å². The highest BCUT2D eigenvalue weighted by Crippen LogP contribution is 2.33. The first-order valence-electron chi connectivity index (χ1n) is 13.0. The van der Waals surface area contributed by atoms with E-state index in [1.165, 1.54) is 0 Å². The molecule has 2 aliphatic rings. The average molecular weight is 552 g/mol. The zero-order valence-electron chi connectivity index (χ0n) is 22.2. The predicted molar refractivity (Wildman–Crippen MR) is 148 cm³/mol. The van der Waals surface area contributed by atoms with Crippen molar-refractivity contribution in [2.75, 3.05) is 38.1 Å². The van der Waals surface area contributed by atoms with Crippen LogP contribution in [0, 0.1) is 6.92 Å². The Bertz CT molecular complexity index is 1290. The topological polar surface area (TPSA) is 93.5 Å². The van der Waals surface area contributed by atoms with Gasteiger partial charge in [-0.2, -0.15) is 0 Å². The molecule has 2 aromatic carbocycles. The second kappa shape index (κ2) is 12.5. The number of rotatable bonds is 10. The molecule has 1 N–H and O–H groups in total. The lowest BCUT2D eigenvalue weighted by atomic mass is 10.1. The number of aryl methyl sites for hydroxylation is 1. The molecule has 1 unspecified atom stereocenters. The molecule has 1 fully saturated rings. The van der Waals surface area contributed by atoms with Gasteiger partial charge in [-0.1, -0.05) is 6.07 Å². The Morgan fingerprint density at radius 3 is 2.54 bits per heavy atom. The lowest BCUT2D eigenvalue weighted by molar-refractivity contribution is -0.133. The molecular weight excluding hydrogens is 518 g/mol. The number of thioether (sulfide) groups is 1. The van der Waals surface area contributed by atoms with Gasteiger partial charge in [-0.25, -0.2) is 4.79 Å². The summed E-state index contributed by atoms with van der Waals surface area (Å²) in [5, 5.41) is 2.95. The van der Waals surface area contributed by atoms with Crippen LogP contribution in [0.4, 0.5) is 10.5 Å². The van der Waals surface area contributed by atoms with Crippen LogP contribution in [0.3, 0.4) is 0 Å². The molecule has 0 radical (unpaired) electrons. The lowest BCUT2D eigenvalue weighted by Gasteiger charge is -2.29. The van der Waals surface area contributed by atoms with Gasteiger partial charge in [0.05, 0.1) is 12.6 Å². The minimum atomic E-state index is -0.340. The fourth-order valence-electron chi connectivity index (χ4n) is 4.64. The molecule has 3 aromatic rings. The first-order chi connectivity index (χ1) is 19.0. The summed E-state index contributed by atoms with van der Waals surface area (Å²) < 4.78 is 22.5. The minimum Gasteiger partial charge on any atom is -0.464 e. The van der Waals surface area contributed by atoms with E-state index in [0.717, 1.165) is 29.1 Å². The first kappa shape index (κ1) is 27.0. The highest BCUT2D eigenvalue weighted by atomic mass is 32.2. The molecule has 206 valence electrons. The third-order valence-corrected chi connectivity index (χ3v) is 7.45. The molecule has 3 amide bonds. The number of fused-ring (bicyclic) bond motifs is 1. The van der Waals surface area contributed by atoms with Gasteiger partial charge in [-0.15, -0.1) is 11.8 Å². The van der Waals surface area contributed by atoms with Gasteiger partial charge in [-0.3, -0.25) is 4.79 Å². The standard InChI is InChI=1S/C29H33N3O6S/c1-20-5-9-24(38-20)17-31(15-21-6-12-26-27(14-21)37-19-36-26)28(33)18-32(16-23-4-3-13-35-23)29(34)30-22-7-10-25(39-2)11-8-22/h5-12,14,23H,3-4,13,15-19H2,1-2H3,(H,30,34). The highest BCUT2D eigenvalue weighted by molar-refractivity contribution is 7.98. The normalized spacial score (nSPS) is 15.8. The Morgan fingerprint density at radius 2 is 1.82 bits per heavy atom. The van der Waals surface area contributed by atoms with Crippen molar-refractivity contribution in [2.24, 2.45) is 0 Å². The number of carbonyl (C=O) groups excluding carboxylic acids is 2. The maximum Gasteiger partial charge on any atom is 0.322 e. The van der Waals surface area contributed by atoms with Crippen molar-refractivity contribution in [3.8, 4) is 11.5 Å². The maximum atomic E-state index is 13.8. The van der Waals surface area contributed by atoms with Crippen LogP contribution in [-0.2, 0) is 22.6 Å². The Labute approximate surface area is 232 Å². The second-order valence-electron chi connectivity index (χ2n) is 9.62. The number of amides is 3. The van der Waals surface area contributed by atoms with Crippen LogP contribution >= 0.6 is 11.8 Å². The number of hydrogen-bond acceptors (Lipinski definition) is 7. The summed E-state index contributed by atoms with van der Waals surface area (Å²) in [4.78, 5) is 31.5. The third-order valence-electron chi connectivity index (χ3n) is 6.71. The van der Waals surface area contributed by atoms with E-state index in [1.807, 2.05) is 67.8 Å². The smallest absolute Gasteiger partial charge is 0.322 e. The van der Waals surface area contributed by atoms with Gasteiger partial charge < -0.3 is 33.7 Å². The summed E-state index contributed by atoms with van der Waals surface area (Å²) in [5.41, 5.74) is 1.56. The average Bonchev–Trinajstić information content (AvgIpc) is 3.71. The summed E-state index contributed by atoms with van der Waals surface area (Å²) in [7, 11) is 0. The predicted octanol–water partition coefficient (Wildman–Crippen LogP) is 5.28. The van der Waals surface area contributed by atoms with E-state index < -0.39 is 0 Å². The number of nitrogens with one attached hydrogen (secondary N) is 1. The SMILES string of the molecule is CSc1ccc(NC(=O)N(CC(=O)N(Cc2ccc3c(c2)OCO3)Cc2ccc(C)o2)CC2CCCO2)cc1. The van der Waals surface area contributed by atoms with E-state index in [0.29, 0.717) is 42.6 Å². The van der Waals surface area contributed by atoms with Crippen LogP contribution in [0.25, 0.3) is 0 Å². The van der Waals surface area contributed by atoms with Gasteiger partial charge in [-0.05, 0) is 80.1 Å².